The Labute approximate surface area is 293 Å². The van der Waals surface area contributed by atoms with Crippen LogP contribution in [0.15, 0.2) is 107 Å². The van der Waals surface area contributed by atoms with Gasteiger partial charge in [0.1, 0.15) is 13.2 Å². The molecule has 0 unspecified atom stereocenters. The molecule has 2 aliphatic rings. The Kier molecular flexibility index (Phi) is 10.5. The highest BCUT2D eigenvalue weighted by Crippen LogP contribution is 2.31. The maximum absolute atomic E-state index is 12.8. The van der Waals surface area contributed by atoms with E-state index >= 15 is 0 Å². The van der Waals surface area contributed by atoms with E-state index in [4.69, 9.17) is 32.7 Å². The van der Waals surface area contributed by atoms with Crippen molar-refractivity contribution in [2.75, 3.05) is 26.3 Å². The lowest BCUT2D eigenvalue weighted by molar-refractivity contribution is 0.0615. The van der Waals surface area contributed by atoms with Crippen LogP contribution in [-0.4, -0.2) is 70.2 Å². The zero-order valence-corrected chi connectivity index (χ0v) is 28.0. The third kappa shape index (κ3) is 7.57. The topological polar surface area (TPSA) is 118 Å². The zero-order valence-electron chi connectivity index (χ0n) is 24.9. The minimum absolute atomic E-state index is 0.000285. The summed E-state index contributed by atoms with van der Waals surface area (Å²) in [5, 5.41) is 1.44. The van der Waals surface area contributed by atoms with Gasteiger partial charge in [-0.25, -0.2) is 9.98 Å². The number of carbonyl (C=O) groups excluding carboxylic acids is 4. The van der Waals surface area contributed by atoms with Crippen LogP contribution in [0.5, 0.6) is 0 Å². The van der Waals surface area contributed by atoms with Crippen LogP contribution in [0.1, 0.15) is 41.4 Å². The maximum Gasteiger partial charge on any atom is 0.262 e. The Morgan fingerprint density at radius 3 is 1.15 bits per heavy atom. The monoisotopic (exact) mass is 718 g/mol. The summed E-state index contributed by atoms with van der Waals surface area (Å²) in [5.41, 5.74) is 2.50. The second kappa shape index (κ2) is 15.1. The summed E-state index contributed by atoms with van der Waals surface area (Å²) in [7, 11) is 2.18. The highest BCUT2D eigenvalue weighted by Gasteiger charge is 2.36. The van der Waals surface area contributed by atoms with Crippen molar-refractivity contribution in [3.05, 3.63) is 129 Å². The van der Waals surface area contributed by atoms with E-state index in [2.05, 4.69) is 9.98 Å². The molecule has 242 valence electrons. The van der Waals surface area contributed by atoms with Crippen molar-refractivity contribution in [2.24, 2.45) is 9.98 Å². The molecule has 0 bridgehead atoms. The number of ether oxygens (including phenoxy) is 2. The van der Waals surface area contributed by atoms with Crippen molar-refractivity contribution in [3.63, 3.8) is 0 Å². The van der Waals surface area contributed by atoms with Crippen molar-refractivity contribution in [1.29, 1.82) is 0 Å². The van der Waals surface area contributed by atoms with Crippen LogP contribution in [0.3, 0.4) is 0 Å². The Bertz CT molecular complexity index is 1740. The fraction of sp³-hybridized carbons (Fsp3) is 0.118. The van der Waals surface area contributed by atoms with E-state index in [0.717, 1.165) is 31.4 Å². The first-order valence-electron chi connectivity index (χ1n) is 14.5. The van der Waals surface area contributed by atoms with Gasteiger partial charge in [0.25, 0.3) is 34.1 Å². The Balaban J connectivity index is 1.15. The number of aliphatic imine (C=N–C) groups is 2. The normalized spacial score (nSPS) is 14.5. The van der Waals surface area contributed by atoms with Gasteiger partial charge in [-0.15, -0.1) is 0 Å². The number of carbonyl (C=O) groups is 4. The van der Waals surface area contributed by atoms with Crippen molar-refractivity contribution in [3.8, 4) is 0 Å². The number of hydrogen-bond donors (Lipinski definition) is 0. The molecule has 0 atom stereocenters. The molecule has 0 aromatic heterocycles. The number of halogens is 2. The molecule has 4 aromatic rings. The van der Waals surface area contributed by atoms with Gasteiger partial charge in [0.15, 0.2) is 0 Å². The SMILES string of the molecule is O=C1c2ccccc2C(=O)N1CCOC(=Nc1ccc(Cl)cc1)SSC(=Nc1ccc(Cl)cc1)OCCN1C(=O)c2ccccc2C1=O. The molecular weight excluding hydrogens is 695 g/mol. The molecule has 48 heavy (non-hydrogen) atoms. The van der Waals surface area contributed by atoms with Crippen LogP contribution >= 0.6 is 44.8 Å². The number of rotatable bonds is 8. The van der Waals surface area contributed by atoms with Crippen LogP contribution in [0.4, 0.5) is 11.4 Å². The van der Waals surface area contributed by atoms with Gasteiger partial charge in [-0.3, -0.25) is 29.0 Å². The number of imide groups is 2. The molecule has 0 spiro atoms. The third-order valence-electron chi connectivity index (χ3n) is 7.12. The van der Waals surface area contributed by atoms with Crippen LogP contribution in [0, 0.1) is 0 Å². The first-order chi connectivity index (χ1) is 23.3. The number of amides is 4. The van der Waals surface area contributed by atoms with Gasteiger partial charge in [-0.1, -0.05) is 47.5 Å². The predicted octanol–water partition coefficient (Wildman–Crippen LogP) is 7.68. The highest BCUT2D eigenvalue weighted by atomic mass is 35.5. The minimum Gasteiger partial charge on any atom is -0.470 e. The second-order valence-corrected chi connectivity index (χ2v) is 13.1. The highest BCUT2D eigenvalue weighted by molar-refractivity contribution is 8.87. The molecule has 6 rings (SSSR count). The van der Waals surface area contributed by atoms with Crippen molar-refractivity contribution < 1.29 is 28.7 Å². The van der Waals surface area contributed by atoms with Gasteiger partial charge in [0.2, 0.25) is 0 Å². The lowest BCUT2D eigenvalue weighted by Gasteiger charge is -2.16. The van der Waals surface area contributed by atoms with Gasteiger partial charge >= 0.3 is 0 Å². The Morgan fingerprint density at radius 2 is 0.833 bits per heavy atom. The molecule has 10 nitrogen and oxygen atoms in total. The summed E-state index contributed by atoms with van der Waals surface area (Å²) in [4.78, 5) is 62.7. The average molecular weight is 720 g/mol. The van der Waals surface area contributed by atoms with Gasteiger partial charge in [-0.2, -0.15) is 0 Å². The Morgan fingerprint density at radius 1 is 0.521 bits per heavy atom. The average Bonchev–Trinajstić information content (AvgIpc) is 3.49. The molecule has 0 aliphatic carbocycles. The van der Waals surface area contributed by atoms with Crippen LogP contribution in [0.2, 0.25) is 10.0 Å². The lowest BCUT2D eigenvalue weighted by Crippen LogP contribution is -2.33. The molecule has 0 fully saturated rings. The molecule has 14 heteroatoms. The summed E-state index contributed by atoms with van der Waals surface area (Å²) >= 11 is 12.1. The zero-order chi connectivity index (χ0) is 33.6. The third-order valence-corrected chi connectivity index (χ3v) is 9.51. The van der Waals surface area contributed by atoms with E-state index in [9.17, 15) is 19.2 Å². The van der Waals surface area contributed by atoms with Crippen LogP contribution in [0.25, 0.3) is 0 Å². The second-order valence-electron chi connectivity index (χ2n) is 10.2. The summed E-state index contributed by atoms with van der Waals surface area (Å²) in [6, 6.07) is 26.9. The predicted molar refractivity (Wildman–Crippen MR) is 188 cm³/mol. The molecule has 4 amide bonds. The first kappa shape index (κ1) is 33.3. The smallest absolute Gasteiger partial charge is 0.262 e. The van der Waals surface area contributed by atoms with Crippen LogP contribution in [-0.2, 0) is 9.47 Å². The first-order valence-corrected chi connectivity index (χ1v) is 17.4. The molecule has 0 N–H and O–H groups in total. The van der Waals surface area contributed by atoms with E-state index in [1.807, 2.05) is 0 Å². The van der Waals surface area contributed by atoms with E-state index in [-0.39, 0.29) is 60.4 Å². The van der Waals surface area contributed by atoms with E-state index in [1.165, 1.54) is 0 Å². The van der Waals surface area contributed by atoms with Crippen molar-refractivity contribution >= 4 is 90.3 Å². The molecule has 4 aromatic carbocycles. The summed E-state index contributed by atoms with van der Waals surface area (Å²) in [5.74, 6) is -1.55. The fourth-order valence-corrected chi connectivity index (χ4v) is 6.68. The van der Waals surface area contributed by atoms with Gasteiger partial charge < -0.3 is 9.47 Å². The molecular formula is C34H24Cl2N4O6S2. The van der Waals surface area contributed by atoms with Gasteiger partial charge in [0, 0.05) is 31.6 Å². The fourth-order valence-electron chi connectivity index (χ4n) is 4.80. The van der Waals surface area contributed by atoms with E-state index in [1.54, 1.807) is 97.1 Å². The number of nitrogens with zero attached hydrogens (tertiary/aromatic N) is 4. The van der Waals surface area contributed by atoms with E-state index in [0.29, 0.717) is 43.7 Å². The Hall–Kier alpha value is -4.62. The van der Waals surface area contributed by atoms with Gasteiger partial charge in [0.05, 0.1) is 46.7 Å². The molecule has 2 heterocycles. The summed E-state index contributed by atoms with van der Waals surface area (Å²) < 4.78 is 12.0. The number of fused-ring (bicyclic) bond motifs is 2. The quantitative estimate of drug-likeness (QED) is 0.0788. The van der Waals surface area contributed by atoms with E-state index < -0.39 is 0 Å². The van der Waals surface area contributed by atoms with Crippen molar-refractivity contribution in [2.45, 2.75) is 0 Å². The molecule has 0 radical (unpaired) electrons. The minimum atomic E-state index is -0.388. The maximum atomic E-state index is 12.8. The number of benzene rings is 4. The number of hydrogen-bond acceptors (Lipinski definition) is 10. The summed E-state index contributed by atoms with van der Waals surface area (Å²) in [6.07, 6.45) is 0. The lowest BCUT2D eigenvalue weighted by atomic mass is 10.1. The van der Waals surface area contributed by atoms with Gasteiger partial charge in [-0.05, 0) is 72.8 Å². The molecule has 2 aliphatic heterocycles. The van der Waals surface area contributed by atoms with Crippen molar-refractivity contribution in [1.82, 2.24) is 9.80 Å². The van der Waals surface area contributed by atoms with Crippen LogP contribution < -0.4 is 0 Å². The molecule has 0 saturated heterocycles. The standard InChI is InChI=1S/C34H24Cl2N4O6S2/c35-21-9-13-23(14-10-21)37-33(45-19-17-39-29(41)25-5-1-2-6-26(25)30(39)42)47-48-34(38-24-15-11-22(36)12-16-24)46-20-18-40-31(43)27-7-3-4-8-28(27)32(40)44/h1-16H,17-20H2. The largest absolute Gasteiger partial charge is 0.470 e. The summed E-state index contributed by atoms with van der Waals surface area (Å²) in [6.45, 7) is -0.0646. The molecule has 0 saturated carbocycles.